The highest BCUT2D eigenvalue weighted by atomic mass is 16.7. The second-order valence-corrected chi connectivity index (χ2v) is 4.34. The summed E-state index contributed by atoms with van der Waals surface area (Å²) in [5.41, 5.74) is 0.859. The summed E-state index contributed by atoms with van der Waals surface area (Å²) < 4.78 is 16.1. The number of hydrogen-bond donors (Lipinski definition) is 1. The first-order chi connectivity index (χ1) is 8.79. The van der Waals surface area contributed by atoms with Crippen LogP contribution < -0.4 is 4.74 Å². The molecule has 1 saturated heterocycles. The third-order valence-corrected chi connectivity index (χ3v) is 2.84. The quantitative estimate of drug-likeness (QED) is 0.843. The Labute approximate surface area is 107 Å². The zero-order chi connectivity index (χ0) is 12.8. The van der Waals surface area contributed by atoms with Crippen molar-refractivity contribution in [2.45, 2.75) is 32.2 Å². The van der Waals surface area contributed by atoms with Crippen LogP contribution in [0, 0.1) is 0 Å². The van der Waals surface area contributed by atoms with Crippen LogP contribution in [-0.4, -0.2) is 31.2 Å². The lowest BCUT2D eigenvalue weighted by molar-refractivity contribution is -0.0707. The van der Waals surface area contributed by atoms with Gasteiger partial charge in [-0.25, -0.2) is 0 Å². The number of aliphatic hydroxyl groups excluding tert-OH is 1. The molecule has 0 saturated carbocycles. The van der Waals surface area contributed by atoms with E-state index in [1.54, 1.807) is 0 Å². The summed E-state index contributed by atoms with van der Waals surface area (Å²) in [5.74, 6) is 0.834. The SMILES string of the molecule is CCCOc1ccc(C(O)CC2OCCO2)cc1. The highest BCUT2D eigenvalue weighted by molar-refractivity contribution is 5.28. The molecule has 1 unspecified atom stereocenters. The highest BCUT2D eigenvalue weighted by Gasteiger charge is 2.20. The van der Waals surface area contributed by atoms with E-state index in [2.05, 4.69) is 6.92 Å². The molecule has 0 amide bonds. The van der Waals surface area contributed by atoms with Crippen LogP contribution in [0.3, 0.4) is 0 Å². The van der Waals surface area contributed by atoms with Crippen LogP contribution in [-0.2, 0) is 9.47 Å². The molecule has 1 aromatic rings. The molecular weight excluding hydrogens is 232 g/mol. The number of benzene rings is 1. The van der Waals surface area contributed by atoms with E-state index in [9.17, 15) is 5.11 Å². The topological polar surface area (TPSA) is 47.9 Å². The van der Waals surface area contributed by atoms with Gasteiger partial charge in [0.25, 0.3) is 0 Å². The summed E-state index contributed by atoms with van der Waals surface area (Å²) in [7, 11) is 0. The van der Waals surface area contributed by atoms with Gasteiger partial charge >= 0.3 is 0 Å². The molecule has 1 aliphatic rings. The van der Waals surface area contributed by atoms with Gasteiger partial charge in [0.2, 0.25) is 0 Å². The minimum Gasteiger partial charge on any atom is -0.494 e. The monoisotopic (exact) mass is 252 g/mol. The van der Waals surface area contributed by atoms with Crippen LogP contribution in [0.4, 0.5) is 0 Å². The molecule has 0 bridgehead atoms. The van der Waals surface area contributed by atoms with Crippen molar-refractivity contribution in [2.75, 3.05) is 19.8 Å². The van der Waals surface area contributed by atoms with E-state index in [-0.39, 0.29) is 6.29 Å². The number of hydrogen-bond acceptors (Lipinski definition) is 4. The molecule has 0 spiro atoms. The Balaban J connectivity index is 1.87. The number of rotatable bonds is 6. The molecule has 4 nitrogen and oxygen atoms in total. The first-order valence-corrected chi connectivity index (χ1v) is 6.43. The largest absolute Gasteiger partial charge is 0.494 e. The van der Waals surface area contributed by atoms with Crippen molar-refractivity contribution in [1.29, 1.82) is 0 Å². The first kappa shape index (κ1) is 13.3. The van der Waals surface area contributed by atoms with Crippen LogP contribution in [0.1, 0.15) is 31.4 Å². The van der Waals surface area contributed by atoms with Gasteiger partial charge in [-0.3, -0.25) is 0 Å². The Morgan fingerprint density at radius 2 is 1.94 bits per heavy atom. The highest BCUT2D eigenvalue weighted by Crippen LogP contribution is 2.24. The van der Waals surface area contributed by atoms with Crippen molar-refractivity contribution in [2.24, 2.45) is 0 Å². The van der Waals surface area contributed by atoms with Crippen molar-refractivity contribution in [1.82, 2.24) is 0 Å². The normalized spacial score (nSPS) is 17.9. The Kier molecular flexibility index (Phi) is 4.99. The molecule has 0 radical (unpaired) electrons. The van der Waals surface area contributed by atoms with Crippen molar-refractivity contribution in [3.63, 3.8) is 0 Å². The molecule has 0 aromatic heterocycles. The third kappa shape index (κ3) is 3.70. The number of aliphatic hydroxyl groups is 1. The molecule has 0 aliphatic carbocycles. The minimum atomic E-state index is -0.562. The smallest absolute Gasteiger partial charge is 0.160 e. The van der Waals surface area contributed by atoms with E-state index in [4.69, 9.17) is 14.2 Å². The van der Waals surface area contributed by atoms with Crippen molar-refractivity contribution in [3.8, 4) is 5.75 Å². The summed E-state index contributed by atoms with van der Waals surface area (Å²) in [4.78, 5) is 0. The average molecular weight is 252 g/mol. The summed E-state index contributed by atoms with van der Waals surface area (Å²) in [6, 6.07) is 7.52. The lowest BCUT2D eigenvalue weighted by Crippen LogP contribution is -2.13. The zero-order valence-corrected chi connectivity index (χ0v) is 10.7. The van der Waals surface area contributed by atoms with E-state index < -0.39 is 6.10 Å². The molecule has 1 fully saturated rings. The summed E-state index contributed by atoms with van der Waals surface area (Å²) >= 11 is 0. The van der Waals surface area contributed by atoms with Gasteiger partial charge in [-0.05, 0) is 24.1 Å². The van der Waals surface area contributed by atoms with Gasteiger partial charge in [0.15, 0.2) is 6.29 Å². The average Bonchev–Trinajstić information content (AvgIpc) is 2.89. The van der Waals surface area contributed by atoms with Gasteiger partial charge in [-0.2, -0.15) is 0 Å². The zero-order valence-electron chi connectivity index (χ0n) is 10.7. The molecule has 4 heteroatoms. The lowest BCUT2D eigenvalue weighted by atomic mass is 10.1. The summed E-state index contributed by atoms with van der Waals surface area (Å²) in [6.45, 7) is 4.01. The maximum atomic E-state index is 10.0. The maximum absolute atomic E-state index is 10.0. The minimum absolute atomic E-state index is 0.281. The fourth-order valence-corrected chi connectivity index (χ4v) is 1.87. The van der Waals surface area contributed by atoms with Crippen molar-refractivity contribution in [3.05, 3.63) is 29.8 Å². The van der Waals surface area contributed by atoms with Crippen LogP contribution in [0.25, 0.3) is 0 Å². The maximum Gasteiger partial charge on any atom is 0.160 e. The molecule has 18 heavy (non-hydrogen) atoms. The van der Waals surface area contributed by atoms with Gasteiger partial charge in [0.05, 0.1) is 25.9 Å². The fourth-order valence-electron chi connectivity index (χ4n) is 1.87. The molecule has 1 atom stereocenters. The van der Waals surface area contributed by atoms with E-state index in [0.29, 0.717) is 26.2 Å². The second kappa shape index (κ2) is 6.73. The lowest BCUT2D eigenvalue weighted by Gasteiger charge is -2.15. The molecule has 1 aliphatic heterocycles. The van der Waals surface area contributed by atoms with Crippen molar-refractivity contribution < 1.29 is 19.3 Å². The Morgan fingerprint density at radius 1 is 1.28 bits per heavy atom. The number of ether oxygens (including phenoxy) is 3. The second-order valence-electron chi connectivity index (χ2n) is 4.34. The van der Waals surface area contributed by atoms with Gasteiger partial charge in [-0.15, -0.1) is 0 Å². The van der Waals surface area contributed by atoms with E-state index in [1.807, 2.05) is 24.3 Å². The molecule has 1 heterocycles. The van der Waals surface area contributed by atoms with E-state index in [0.717, 1.165) is 17.7 Å². The van der Waals surface area contributed by atoms with Gasteiger partial charge in [0.1, 0.15) is 5.75 Å². The molecule has 1 N–H and O–H groups in total. The van der Waals surface area contributed by atoms with Crippen LogP contribution >= 0.6 is 0 Å². The fraction of sp³-hybridized carbons (Fsp3) is 0.571. The molecule has 2 rings (SSSR count). The van der Waals surface area contributed by atoms with Crippen LogP contribution in [0.2, 0.25) is 0 Å². The Hall–Kier alpha value is -1.10. The Morgan fingerprint density at radius 3 is 2.56 bits per heavy atom. The van der Waals surface area contributed by atoms with Gasteiger partial charge < -0.3 is 19.3 Å². The predicted molar refractivity (Wildman–Crippen MR) is 67.5 cm³/mol. The molecule has 1 aromatic carbocycles. The van der Waals surface area contributed by atoms with Crippen LogP contribution in [0.15, 0.2) is 24.3 Å². The predicted octanol–water partition coefficient (Wildman–Crippen LogP) is 2.27. The summed E-state index contributed by atoms with van der Waals surface area (Å²) in [6.07, 6.45) is 0.611. The standard InChI is InChI=1S/C14H20O4/c1-2-7-16-12-5-3-11(4-6-12)13(15)10-14-17-8-9-18-14/h3-6,13-15H,2,7-10H2,1H3. The van der Waals surface area contributed by atoms with Gasteiger partial charge in [-0.1, -0.05) is 19.1 Å². The Bertz CT molecular complexity index is 343. The van der Waals surface area contributed by atoms with Crippen LogP contribution in [0.5, 0.6) is 5.75 Å². The molecule has 100 valence electrons. The molecular formula is C14H20O4. The van der Waals surface area contributed by atoms with E-state index in [1.165, 1.54) is 0 Å². The first-order valence-electron chi connectivity index (χ1n) is 6.43. The summed E-state index contributed by atoms with van der Waals surface area (Å²) in [5, 5.41) is 10.0. The van der Waals surface area contributed by atoms with Crippen molar-refractivity contribution >= 4 is 0 Å². The van der Waals surface area contributed by atoms with Gasteiger partial charge in [0, 0.05) is 6.42 Å². The van der Waals surface area contributed by atoms with E-state index >= 15 is 0 Å². The third-order valence-electron chi connectivity index (χ3n) is 2.84.